The van der Waals surface area contributed by atoms with Crippen LogP contribution in [0.3, 0.4) is 0 Å². The van der Waals surface area contributed by atoms with Crippen molar-refractivity contribution in [3.05, 3.63) is 58.0 Å². The molecule has 0 aliphatic carbocycles. The van der Waals surface area contributed by atoms with E-state index in [1.165, 1.54) is 11.8 Å². The summed E-state index contributed by atoms with van der Waals surface area (Å²) < 4.78 is 6.01. The molecule has 0 fully saturated rings. The Hall–Kier alpha value is -1.50. The number of ether oxygens (including phenoxy) is 1. The molecule has 0 spiro atoms. The van der Waals surface area contributed by atoms with Crippen LogP contribution in [-0.2, 0) is 9.53 Å². The van der Waals surface area contributed by atoms with Gasteiger partial charge in [-0.2, -0.15) is 5.10 Å². The van der Waals surface area contributed by atoms with Gasteiger partial charge in [0.25, 0.3) is 0 Å². The molecule has 120 valence electrons. The summed E-state index contributed by atoms with van der Waals surface area (Å²) in [6, 6.07) is 14.7. The predicted molar refractivity (Wildman–Crippen MR) is 99.1 cm³/mol. The topological polar surface area (TPSA) is 50.7 Å². The summed E-state index contributed by atoms with van der Waals surface area (Å²) in [5.41, 5.74) is 3.43. The third-order valence-corrected chi connectivity index (χ3v) is 4.45. The van der Waals surface area contributed by atoms with E-state index in [0.717, 1.165) is 9.37 Å². The molecule has 0 heterocycles. The Morgan fingerprint density at radius 3 is 2.61 bits per heavy atom. The van der Waals surface area contributed by atoms with Crippen molar-refractivity contribution in [2.45, 2.75) is 11.8 Å². The third-order valence-electron chi connectivity index (χ3n) is 2.63. The molecule has 0 atom stereocenters. The van der Waals surface area contributed by atoms with Crippen LogP contribution < -0.4 is 5.43 Å². The molecule has 0 saturated heterocycles. The summed E-state index contributed by atoms with van der Waals surface area (Å²) in [6.07, 6.45) is 0. The van der Waals surface area contributed by atoms with Gasteiger partial charge in [-0.1, -0.05) is 51.4 Å². The van der Waals surface area contributed by atoms with Gasteiger partial charge in [-0.25, -0.2) is 4.79 Å². The van der Waals surface area contributed by atoms with Crippen molar-refractivity contribution in [2.24, 2.45) is 5.10 Å². The lowest BCUT2D eigenvalue weighted by Crippen LogP contribution is -2.16. The molecule has 1 N–H and O–H groups in total. The quantitative estimate of drug-likeness (QED) is 0.247. The number of carbonyl (C=O) groups is 1. The summed E-state index contributed by atoms with van der Waals surface area (Å²) in [4.78, 5) is 12.9. The van der Waals surface area contributed by atoms with Crippen molar-refractivity contribution in [2.75, 3.05) is 12.0 Å². The van der Waals surface area contributed by atoms with Crippen LogP contribution in [0.1, 0.15) is 6.92 Å². The first-order chi connectivity index (χ1) is 11.1. The highest BCUT2D eigenvalue weighted by Gasteiger charge is 2.15. The molecule has 2 rings (SSSR count). The van der Waals surface area contributed by atoms with Crippen molar-refractivity contribution in [1.82, 2.24) is 0 Å². The van der Waals surface area contributed by atoms with Gasteiger partial charge in [0.2, 0.25) is 5.04 Å². The number of esters is 1. The van der Waals surface area contributed by atoms with Crippen molar-refractivity contribution >= 4 is 56.0 Å². The molecule has 7 heteroatoms. The lowest BCUT2D eigenvalue weighted by Gasteiger charge is -2.08. The van der Waals surface area contributed by atoms with Crippen molar-refractivity contribution in [3.63, 3.8) is 0 Å². The fourth-order valence-electron chi connectivity index (χ4n) is 1.58. The zero-order valence-electron chi connectivity index (χ0n) is 12.3. The number of carbonyl (C=O) groups excluding carboxylic acids is 1. The lowest BCUT2D eigenvalue weighted by molar-refractivity contribution is -0.134. The number of nitrogens with zero attached hydrogens (tertiary/aromatic N) is 1. The number of rotatable bonds is 4. The van der Waals surface area contributed by atoms with Gasteiger partial charge >= 0.3 is 5.97 Å². The molecule has 0 unspecified atom stereocenters. The molecule has 4 nitrogen and oxygen atoms in total. The third kappa shape index (κ3) is 5.57. The van der Waals surface area contributed by atoms with Gasteiger partial charge in [-0.05, 0) is 43.3 Å². The van der Waals surface area contributed by atoms with Gasteiger partial charge in [-0.3, -0.25) is 5.43 Å². The van der Waals surface area contributed by atoms with Crippen LogP contribution >= 0.6 is 39.3 Å². The summed E-state index contributed by atoms with van der Waals surface area (Å²) in [5.74, 6) is -0.486. The van der Waals surface area contributed by atoms with Crippen LogP contribution in [0.4, 0.5) is 5.69 Å². The predicted octanol–water partition coefficient (Wildman–Crippen LogP) is 5.18. The molecule has 0 saturated carbocycles. The Morgan fingerprint density at radius 1 is 1.26 bits per heavy atom. The molecular formula is C16H14BrClN2O2S. The van der Waals surface area contributed by atoms with Crippen LogP contribution in [0, 0.1) is 0 Å². The molecule has 2 aromatic rings. The van der Waals surface area contributed by atoms with E-state index in [9.17, 15) is 4.79 Å². The van der Waals surface area contributed by atoms with E-state index in [1.807, 2.05) is 36.4 Å². The second-order valence-corrected chi connectivity index (χ2v) is 6.67. The molecule has 0 bridgehead atoms. The maximum atomic E-state index is 12.1. The number of hydrogen-bond acceptors (Lipinski definition) is 5. The zero-order chi connectivity index (χ0) is 16.7. The SMILES string of the molecule is CCOC(=O)/C(=N/Nc1ccccc1Cl)Sc1ccc(Br)cc1. The van der Waals surface area contributed by atoms with Gasteiger partial charge < -0.3 is 4.74 Å². The number of benzene rings is 2. The molecule has 23 heavy (non-hydrogen) atoms. The van der Waals surface area contributed by atoms with Crippen LogP contribution in [0.25, 0.3) is 0 Å². The Bertz CT molecular complexity index is 707. The largest absolute Gasteiger partial charge is 0.461 e. The first-order valence-corrected chi connectivity index (χ1v) is 8.77. The summed E-state index contributed by atoms with van der Waals surface area (Å²) in [5, 5.41) is 4.87. The van der Waals surface area contributed by atoms with Crippen molar-refractivity contribution in [1.29, 1.82) is 0 Å². The van der Waals surface area contributed by atoms with E-state index < -0.39 is 5.97 Å². The van der Waals surface area contributed by atoms with Crippen LogP contribution in [-0.4, -0.2) is 17.6 Å². The lowest BCUT2D eigenvalue weighted by atomic mass is 10.3. The van der Waals surface area contributed by atoms with Gasteiger partial charge in [0.1, 0.15) is 0 Å². The standard InChI is InChI=1S/C16H14BrClN2O2S/c1-2-22-16(21)15(23-12-9-7-11(17)8-10-12)20-19-14-6-4-3-5-13(14)18/h3-10,19H,2H2,1H3/b20-15-. The first-order valence-electron chi connectivity index (χ1n) is 6.79. The highest BCUT2D eigenvalue weighted by Crippen LogP contribution is 2.24. The molecule has 0 aliphatic heterocycles. The van der Waals surface area contributed by atoms with Crippen LogP contribution in [0.15, 0.2) is 63.0 Å². The first kappa shape index (κ1) is 17.8. The van der Waals surface area contributed by atoms with E-state index in [1.54, 1.807) is 19.1 Å². The summed E-state index contributed by atoms with van der Waals surface area (Å²) >= 11 is 10.7. The fraction of sp³-hybridized carbons (Fsp3) is 0.125. The molecule has 0 aliphatic rings. The van der Waals surface area contributed by atoms with Crippen LogP contribution in [0.5, 0.6) is 0 Å². The second kappa shape index (κ2) is 8.96. The van der Waals surface area contributed by atoms with E-state index in [0.29, 0.717) is 10.7 Å². The van der Waals surface area contributed by atoms with Crippen LogP contribution in [0.2, 0.25) is 5.02 Å². The monoisotopic (exact) mass is 412 g/mol. The highest BCUT2D eigenvalue weighted by atomic mass is 79.9. The molecule has 0 amide bonds. The number of hydrazone groups is 1. The van der Waals surface area contributed by atoms with E-state index in [-0.39, 0.29) is 11.7 Å². The highest BCUT2D eigenvalue weighted by molar-refractivity contribution is 9.10. The Labute approximate surface area is 152 Å². The number of hydrogen-bond donors (Lipinski definition) is 1. The summed E-state index contributed by atoms with van der Waals surface area (Å²) in [7, 11) is 0. The smallest absolute Gasteiger partial charge is 0.365 e. The second-order valence-electron chi connectivity index (χ2n) is 4.29. The Morgan fingerprint density at radius 2 is 1.96 bits per heavy atom. The van der Waals surface area contributed by atoms with Gasteiger partial charge in [0.15, 0.2) is 0 Å². The number of halogens is 2. The Balaban J connectivity index is 2.19. The molecule has 0 radical (unpaired) electrons. The minimum absolute atomic E-state index is 0.203. The minimum Gasteiger partial charge on any atom is -0.461 e. The number of anilines is 1. The van der Waals surface area contributed by atoms with E-state index in [2.05, 4.69) is 26.5 Å². The molecule has 2 aromatic carbocycles. The molecule has 0 aromatic heterocycles. The average Bonchev–Trinajstić information content (AvgIpc) is 2.55. The maximum Gasteiger partial charge on any atom is 0.365 e. The Kier molecular flexibility index (Phi) is 6.95. The maximum absolute atomic E-state index is 12.1. The number of para-hydroxylation sites is 1. The van der Waals surface area contributed by atoms with Gasteiger partial charge in [-0.15, -0.1) is 0 Å². The van der Waals surface area contributed by atoms with Gasteiger partial charge in [0, 0.05) is 9.37 Å². The summed E-state index contributed by atoms with van der Waals surface area (Å²) in [6.45, 7) is 2.03. The normalized spacial score (nSPS) is 11.2. The number of nitrogens with one attached hydrogen (secondary N) is 1. The average molecular weight is 414 g/mol. The van der Waals surface area contributed by atoms with E-state index >= 15 is 0 Å². The van der Waals surface area contributed by atoms with Crippen molar-refractivity contribution in [3.8, 4) is 0 Å². The van der Waals surface area contributed by atoms with E-state index in [4.69, 9.17) is 16.3 Å². The van der Waals surface area contributed by atoms with Gasteiger partial charge in [0.05, 0.1) is 17.3 Å². The minimum atomic E-state index is -0.486. The fourth-order valence-corrected chi connectivity index (χ4v) is 2.75. The van der Waals surface area contributed by atoms with Crippen molar-refractivity contribution < 1.29 is 9.53 Å². The number of thioether (sulfide) groups is 1. The zero-order valence-corrected chi connectivity index (χ0v) is 15.4. The molecular weight excluding hydrogens is 400 g/mol.